The van der Waals surface area contributed by atoms with Crippen molar-refractivity contribution in [2.75, 3.05) is 32.0 Å². The van der Waals surface area contributed by atoms with Crippen LogP contribution in [0.1, 0.15) is 36.9 Å². The van der Waals surface area contributed by atoms with Crippen LogP contribution in [0.4, 0.5) is 0 Å². The van der Waals surface area contributed by atoms with Gasteiger partial charge in [-0.05, 0) is 45.8 Å². The van der Waals surface area contributed by atoms with Crippen molar-refractivity contribution in [3.05, 3.63) is 5.89 Å². The first-order chi connectivity index (χ1) is 9.29. The summed E-state index contributed by atoms with van der Waals surface area (Å²) < 4.78 is 10.0. The number of carbonyl (C=O) groups is 1. The Morgan fingerprint density at radius 2 is 2.21 bits per heavy atom. The van der Waals surface area contributed by atoms with E-state index in [4.69, 9.17) is 9.15 Å². The van der Waals surface area contributed by atoms with Crippen LogP contribution in [0.5, 0.6) is 0 Å². The third-order valence-corrected chi connectivity index (χ3v) is 3.80. The Balaban J connectivity index is 1.66. The molecular formula is C12H19N3O3S. The van der Waals surface area contributed by atoms with Gasteiger partial charge in [0, 0.05) is 5.75 Å². The van der Waals surface area contributed by atoms with Gasteiger partial charge in [0.1, 0.15) is 0 Å². The highest BCUT2D eigenvalue weighted by atomic mass is 32.2. The van der Waals surface area contributed by atoms with Gasteiger partial charge in [-0.2, -0.15) is 0 Å². The Labute approximate surface area is 116 Å². The highest BCUT2D eigenvalue weighted by Crippen LogP contribution is 2.18. The number of thioether (sulfide) groups is 1. The summed E-state index contributed by atoms with van der Waals surface area (Å²) in [6.07, 6.45) is 3.72. The number of likely N-dealkylation sites (tertiary alicyclic amines) is 1. The maximum absolute atomic E-state index is 11.3. The average Bonchev–Trinajstić information content (AvgIpc) is 3.06. The zero-order valence-corrected chi connectivity index (χ0v) is 11.9. The molecule has 1 aliphatic heterocycles. The molecule has 106 valence electrons. The lowest BCUT2D eigenvalue weighted by Gasteiger charge is -2.12. The monoisotopic (exact) mass is 285 g/mol. The van der Waals surface area contributed by atoms with E-state index in [1.54, 1.807) is 6.92 Å². The number of hydrogen-bond acceptors (Lipinski definition) is 7. The maximum Gasteiger partial charge on any atom is 0.396 e. The number of rotatable bonds is 7. The third kappa shape index (κ3) is 4.50. The fourth-order valence-electron chi connectivity index (χ4n) is 2.00. The minimum absolute atomic E-state index is 0.0658. The fraction of sp³-hybridized carbons (Fsp3) is 0.750. The standard InChI is InChI=1S/C12H19N3O3S/c1-2-17-11(16)10-13-14-12(18-10)19-9-5-8-15-6-3-4-7-15/h2-9H2,1H3. The number of ether oxygens (including phenoxy) is 1. The van der Waals surface area contributed by atoms with E-state index in [1.165, 1.54) is 37.7 Å². The zero-order valence-electron chi connectivity index (χ0n) is 11.1. The molecule has 19 heavy (non-hydrogen) atoms. The zero-order chi connectivity index (χ0) is 13.5. The van der Waals surface area contributed by atoms with E-state index < -0.39 is 5.97 Å². The van der Waals surface area contributed by atoms with Crippen molar-refractivity contribution in [3.8, 4) is 0 Å². The van der Waals surface area contributed by atoms with Crippen LogP contribution in [-0.4, -0.2) is 53.1 Å². The van der Waals surface area contributed by atoms with Crippen molar-refractivity contribution < 1.29 is 13.9 Å². The van der Waals surface area contributed by atoms with E-state index in [0.29, 0.717) is 11.8 Å². The molecule has 0 N–H and O–H groups in total. The Kier molecular flexibility index (Phi) is 5.65. The van der Waals surface area contributed by atoms with Gasteiger partial charge in [-0.3, -0.25) is 0 Å². The van der Waals surface area contributed by atoms with E-state index in [9.17, 15) is 4.79 Å². The number of esters is 1. The second kappa shape index (κ2) is 7.49. The Morgan fingerprint density at radius 3 is 2.95 bits per heavy atom. The lowest BCUT2D eigenvalue weighted by molar-refractivity contribution is 0.0475. The third-order valence-electron chi connectivity index (χ3n) is 2.90. The smallest absolute Gasteiger partial charge is 0.396 e. The summed E-state index contributed by atoms with van der Waals surface area (Å²) in [6, 6.07) is 0. The van der Waals surface area contributed by atoms with E-state index >= 15 is 0 Å². The van der Waals surface area contributed by atoms with Gasteiger partial charge < -0.3 is 14.1 Å². The second-order valence-corrected chi connectivity index (χ2v) is 5.39. The van der Waals surface area contributed by atoms with Crippen molar-refractivity contribution in [1.29, 1.82) is 0 Å². The van der Waals surface area contributed by atoms with Crippen molar-refractivity contribution in [3.63, 3.8) is 0 Å². The molecule has 0 radical (unpaired) electrons. The van der Waals surface area contributed by atoms with Crippen LogP contribution in [0, 0.1) is 0 Å². The first kappa shape index (κ1) is 14.3. The Bertz CT molecular complexity index is 405. The molecule has 1 saturated heterocycles. The van der Waals surface area contributed by atoms with Gasteiger partial charge in [0.25, 0.3) is 5.22 Å². The van der Waals surface area contributed by atoms with Gasteiger partial charge in [0.05, 0.1) is 6.61 Å². The van der Waals surface area contributed by atoms with Crippen LogP contribution in [0.15, 0.2) is 9.64 Å². The average molecular weight is 285 g/mol. The number of hydrogen-bond donors (Lipinski definition) is 0. The van der Waals surface area contributed by atoms with Crippen LogP contribution in [-0.2, 0) is 4.74 Å². The van der Waals surface area contributed by atoms with Gasteiger partial charge >= 0.3 is 11.9 Å². The molecule has 2 rings (SSSR count). The Morgan fingerprint density at radius 1 is 1.42 bits per heavy atom. The quantitative estimate of drug-likeness (QED) is 0.430. The van der Waals surface area contributed by atoms with E-state index in [2.05, 4.69) is 15.1 Å². The van der Waals surface area contributed by atoms with Crippen molar-refractivity contribution in [2.45, 2.75) is 31.4 Å². The minimum Gasteiger partial charge on any atom is -0.459 e. The molecule has 0 unspecified atom stereocenters. The molecule has 1 fully saturated rings. The molecule has 1 aliphatic rings. The van der Waals surface area contributed by atoms with Gasteiger partial charge in [0.2, 0.25) is 0 Å². The fourth-order valence-corrected chi connectivity index (χ4v) is 2.68. The Hall–Kier alpha value is -1.08. The van der Waals surface area contributed by atoms with Crippen LogP contribution < -0.4 is 0 Å². The van der Waals surface area contributed by atoms with Gasteiger partial charge in [-0.15, -0.1) is 5.10 Å². The summed E-state index contributed by atoms with van der Waals surface area (Å²) in [7, 11) is 0. The highest BCUT2D eigenvalue weighted by Gasteiger charge is 2.16. The summed E-state index contributed by atoms with van der Waals surface area (Å²) >= 11 is 1.49. The molecule has 0 amide bonds. The molecule has 2 heterocycles. The predicted molar refractivity (Wildman–Crippen MR) is 71.3 cm³/mol. The van der Waals surface area contributed by atoms with Crippen molar-refractivity contribution >= 4 is 17.7 Å². The van der Waals surface area contributed by atoms with Crippen LogP contribution in [0.25, 0.3) is 0 Å². The first-order valence-corrected chi connectivity index (χ1v) is 7.64. The second-order valence-electron chi connectivity index (χ2n) is 4.34. The van der Waals surface area contributed by atoms with Gasteiger partial charge in [-0.25, -0.2) is 4.79 Å². The normalized spacial score (nSPS) is 15.8. The molecule has 0 atom stereocenters. The van der Waals surface area contributed by atoms with Crippen LogP contribution in [0.3, 0.4) is 0 Å². The van der Waals surface area contributed by atoms with Gasteiger partial charge in [-0.1, -0.05) is 16.9 Å². The molecule has 0 aromatic carbocycles. The lowest BCUT2D eigenvalue weighted by Crippen LogP contribution is -2.20. The van der Waals surface area contributed by atoms with E-state index in [0.717, 1.165) is 18.7 Å². The molecule has 1 aromatic rings. The number of carbonyl (C=O) groups excluding carboxylic acids is 1. The maximum atomic E-state index is 11.3. The molecule has 6 nitrogen and oxygen atoms in total. The first-order valence-electron chi connectivity index (χ1n) is 6.65. The molecular weight excluding hydrogens is 266 g/mol. The molecule has 7 heteroatoms. The van der Waals surface area contributed by atoms with Crippen molar-refractivity contribution in [2.24, 2.45) is 0 Å². The molecule has 0 bridgehead atoms. The lowest BCUT2D eigenvalue weighted by atomic mass is 10.4. The van der Waals surface area contributed by atoms with E-state index in [-0.39, 0.29) is 5.89 Å². The van der Waals surface area contributed by atoms with Crippen LogP contribution in [0.2, 0.25) is 0 Å². The highest BCUT2D eigenvalue weighted by molar-refractivity contribution is 7.99. The van der Waals surface area contributed by atoms with E-state index in [1.807, 2.05) is 0 Å². The molecule has 1 aromatic heterocycles. The van der Waals surface area contributed by atoms with Crippen molar-refractivity contribution in [1.82, 2.24) is 15.1 Å². The predicted octanol–water partition coefficient (Wildman–Crippen LogP) is 1.82. The molecule has 0 spiro atoms. The SMILES string of the molecule is CCOC(=O)c1nnc(SCCCN2CCCC2)o1. The number of aromatic nitrogens is 2. The summed E-state index contributed by atoms with van der Waals surface area (Å²) in [6.45, 7) is 5.60. The largest absolute Gasteiger partial charge is 0.459 e. The topological polar surface area (TPSA) is 68.5 Å². The molecule has 0 aliphatic carbocycles. The molecule has 0 saturated carbocycles. The van der Waals surface area contributed by atoms with Gasteiger partial charge in [0.15, 0.2) is 0 Å². The number of nitrogens with zero attached hydrogens (tertiary/aromatic N) is 3. The van der Waals surface area contributed by atoms with Crippen LogP contribution >= 0.6 is 11.8 Å². The summed E-state index contributed by atoms with van der Waals surface area (Å²) in [5, 5.41) is 7.92. The summed E-state index contributed by atoms with van der Waals surface area (Å²) in [5.74, 6) is 0.295. The summed E-state index contributed by atoms with van der Waals surface area (Å²) in [5.41, 5.74) is 0. The summed E-state index contributed by atoms with van der Waals surface area (Å²) in [4.78, 5) is 13.8. The minimum atomic E-state index is -0.557.